The Bertz CT molecular complexity index is 520. The van der Waals surface area contributed by atoms with Crippen LogP contribution in [-0.4, -0.2) is 13.6 Å². The van der Waals surface area contributed by atoms with Crippen molar-refractivity contribution in [3.8, 4) is 0 Å². The first-order valence-corrected chi connectivity index (χ1v) is 5.64. The van der Waals surface area contributed by atoms with E-state index in [0.29, 0.717) is 5.69 Å². The van der Waals surface area contributed by atoms with Crippen LogP contribution in [0.2, 0.25) is 0 Å². The van der Waals surface area contributed by atoms with Crippen LogP contribution in [0.5, 0.6) is 0 Å². The summed E-state index contributed by atoms with van der Waals surface area (Å²) in [4.78, 5) is 0.200. The average Bonchev–Trinajstić information content (AvgIpc) is 2.71. The molecular weight excluding hydrogens is 216 g/mol. The van der Waals surface area contributed by atoms with Crippen LogP contribution in [0, 0.1) is 0 Å². The van der Waals surface area contributed by atoms with Gasteiger partial charge in [-0.25, -0.2) is 8.42 Å². The zero-order chi connectivity index (χ0) is 10.7. The molecule has 0 aliphatic carbocycles. The number of anilines is 1. The van der Waals surface area contributed by atoms with Crippen molar-refractivity contribution < 1.29 is 12.9 Å². The Morgan fingerprint density at radius 2 is 1.93 bits per heavy atom. The van der Waals surface area contributed by atoms with Gasteiger partial charge < -0.3 is 4.52 Å². The topological polar surface area (TPSA) is 72.2 Å². The first-order valence-electron chi connectivity index (χ1n) is 4.16. The summed E-state index contributed by atoms with van der Waals surface area (Å²) in [5, 5.41) is 3.40. The first-order chi connectivity index (χ1) is 7.18. The number of hydrogen-bond acceptors (Lipinski definition) is 4. The third-order valence-electron chi connectivity index (χ3n) is 1.74. The largest absolute Gasteiger partial charge is 0.362 e. The summed E-state index contributed by atoms with van der Waals surface area (Å²) in [5.41, 5.74) is 0.304. The van der Waals surface area contributed by atoms with Gasteiger partial charge in [-0.15, -0.1) is 0 Å². The van der Waals surface area contributed by atoms with Crippen LogP contribution in [0.3, 0.4) is 0 Å². The van der Waals surface area contributed by atoms with Crippen LogP contribution in [0.4, 0.5) is 5.69 Å². The second kappa shape index (κ2) is 3.74. The van der Waals surface area contributed by atoms with Crippen molar-refractivity contribution in [1.29, 1.82) is 0 Å². The van der Waals surface area contributed by atoms with E-state index in [2.05, 4.69) is 14.4 Å². The van der Waals surface area contributed by atoms with Crippen molar-refractivity contribution in [2.45, 2.75) is 4.90 Å². The minimum absolute atomic E-state index is 0.200. The SMILES string of the molecule is O=S(=O)(Nc1cnoc1)c1ccccc1. The van der Waals surface area contributed by atoms with Gasteiger partial charge in [0, 0.05) is 0 Å². The highest BCUT2D eigenvalue weighted by molar-refractivity contribution is 7.92. The summed E-state index contributed by atoms with van der Waals surface area (Å²) >= 11 is 0. The standard InChI is InChI=1S/C9H8N2O3S/c12-15(13,9-4-2-1-3-5-9)11-8-6-10-14-7-8/h1-7,11H. The number of aromatic nitrogens is 1. The molecule has 0 spiro atoms. The molecule has 6 heteroatoms. The summed E-state index contributed by atoms with van der Waals surface area (Å²) in [6.45, 7) is 0. The van der Waals surface area contributed by atoms with Crippen molar-refractivity contribution in [3.05, 3.63) is 42.8 Å². The van der Waals surface area contributed by atoms with E-state index < -0.39 is 10.0 Å². The highest BCUT2D eigenvalue weighted by Gasteiger charge is 2.13. The van der Waals surface area contributed by atoms with Gasteiger partial charge in [-0.1, -0.05) is 23.4 Å². The fourth-order valence-electron chi connectivity index (χ4n) is 1.07. The number of rotatable bonds is 3. The molecule has 0 bridgehead atoms. The zero-order valence-electron chi connectivity index (χ0n) is 7.62. The van der Waals surface area contributed by atoms with Gasteiger partial charge in [0.15, 0.2) is 0 Å². The van der Waals surface area contributed by atoms with Crippen LogP contribution in [-0.2, 0) is 10.0 Å². The van der Waals surface area contributed by atoms with Crippen LogP contribution in [0.15, 0.2) is 52.2 Å². The maximum Gasteiger partial charge on any atom is 0.262 e. The minimum atomic E-state index is -3.53. The minimum Gasteiger partial charge on any atom is -0.362 e. The maximum atomic E-state index is 11.7. The van der Waals surface area contributed by atoms with E-state index in [1.54, 1.807) is 18.2 Å². The van der Waals surface area contributed by atoms with Crippen molar-refractivity contribution in [1.82, 2.24) is 5.16 Å². The molecule has 0 amide bonds. The Labute approximate surface area is 86.8 Å². The molecule has 0 saturated carbocycles. The van der Waals surface area contributed by atoms with E-state index in [1.807, 2.05) is 0 Å². The summed E-state index contributed by atoms with van der Waals surface area (Å²) in [7, 11) is -3.53. The molecule has 0 atom stereocenters. The number of sulfonamides is 1. The second-order valence-electron chi connectivity index (χ2n) is 2.83. The summed E-state index contributed by atoms with van der Waals surface area (Å²) in [5.74, 6) is 0. The molecule has 78 valence electrons. The molecule has 0 unspecified atom stereocenters. The lowest BCUT2D eigenvalue weighted by atomic mass is 10.4. The van der Waals surface area contributed by atoms with E-state index in [9.17, 15) is 8.42 Å². The van der Waals surface area contributed by atoms with Crippen LogP contribution < -0.4 is 4.72 Å². The van der Waals surface area contributed by atoms with E-state index in [4.69, 9.17) is 0 Å². The van der Waals surface area contributed by atoms with Gasteiger partial charge in [0.05, 0.1) is 11.1 Å². The van der Waals surface area contributed by atoms with Crippen LogP contribution in [0.25, 0.3) is 0 Å². The van der Waals surface area contributed by atoms with E-state index in [1.165, 1.54) is 24.6 Å². The van der Waals surface area contributed by atoms with Gasteiger partial charge in [0.25, 0.3) is 10.0 Å². The van der Waals surface area contributed by atoms with Crippen molar-refractivity contribution in [2.24, 2.45) is 0 Å². The average molecular weight is 224 g/mol. The number of nitrogens with zero attached hydrogens (tertiary/aromatic N) is 1. The molecule has 1 heterocycles. The van der Waals surface area contributed by atoms with Gasteiger partial charge in [-0.05, 0) is 12.1 Å². The monoisotopic (exact) mass is 224 g/mol. The smallest absolute Gasteiger partial charge is 0.262 e. The quantitative estimate of drug-likeness (QED) is 0.857. The molecule has 0 radical (unpaired) electrons. The molecule has 2 aromatic rings. The molecule has 15 heavy (non-hydrogen) atoms. The van der Waals surface area contributed by atoms with Crippen molar-refractivity contribution in [3.63, 3.8) is 0 Å². The molecule has 1 aromatic heterocycles. The number of hydrogen-bond donors (Lipinski definition) is 1. The normalized spacial score (nSPS) is 11.2. The molecule has 0 aliphatic heterocycles. The molecular formula is C9H8N2O3S. The van der Waals surface area contributed by atoms with Crippen molar-refractivity contribution in [2.75, 3.05) is 4.72 Å². The number of benzene rings is 1. The zero-order valence-corrected chi connectivity index (χ0v) is 8.44. The van der Waals surface area contributed by atoms with E-state index in [0.717, 1.165) is 0 Å². The third kappa shape index (κ3) is 2.16. The lowest BCUT2D eigenvalue weighted by Crippen LogP contribution is -2.12. The Hall–Kier alpha value is -1.82. The molecule has 0 aliphatic rings. The molecule has 5 nitrogen and oxygen atoms in total. The molecule has 0 fully saturated rings. The lowest BCUT2D eigenvalue weighted by molar-refractivity contribution is 0.420. The maximum absolute atomic E-state index is 11.7. The molecule has 1 N–H and O–H groups in total. The molecule has 0 saturated heterocycles. The Morgan fingerprint density at radius 1 is 1.20 bits per heavy atom. The predicted octanol–water partition coefficient (Wildman–Crippen LogP) is 1.48. The first kappa shape index (κ1) is 9.72. The summed E-state index contributed by atoms with van der Waals surface area (Å²) in [6.07, 6.45) is 2.51. The Morgan fingerprint density at radius 3 is 2.53 bits per heavy atom. The van der Waals surface area contributed by atoms with Crippen molar-refractivity contribution >= 4 is 15.7 Å². The van der Waals surface area contributed by atoms with Gasteiger partial charge >= 0.3 is 0 Å². The molecule has 2 rings (SSSR count). The third-order valence-corrected chi connectivity index (χ3v) is 3.14. The predicted molar refractivity (Wildman–Crippen MR) is 53.8 cm³/mol. The molecule has 1 aromatic carbocycles. The highest BCUT2D eigenvalue weighted by Crippen LogP contribution is 2.14. The van der Waals surface area contributed by atoms with Gasteiger partial charge in [-0.2, -0.15) is 0 Å². The second-order valence-corrected chi connectivity index (χ2v) is 4.51. The fraction of sp³-hybridized carbons (Fsp3) is 0. The van der Waals surface area contributed by atoms with Crippen LogP contribution in [0.1, 0.15) is 0 Å². The van der Waals surface area contributed by atoms with E-state index in [-0.39, 0.29) is 4.90 Å². The Kier molecular flexibility index (Phi) is 2.42. The van der Waals surface area contributed by atoms with Gasteiger partial charge in [-0.3, -0.25) is 4.72 Å². The van der Waals surface area contributed by atoms with E-state index >= 15 is 0 Å². The highest BCUT2D eigenvalue weighted by atomic mass is 32.2. The lowest BCUT2D eigenvalue weighted by Gasteiger charge is -2.03. The summed E-state index contributed by atoms with van der Waals surface area (Å²) in [6, 6.07) is 8.08. The Balaban J connectivity index is 2.29. The van der Waals surface area contributed by atoms with Crippen LogP contribution >= 0.6 is 0 Å². The van der Waals surface area contributed by atoms with Gasteiger partial charge in [0.2, 0.25) is 0 Å². The number of nitrogens with one attached hydrogen (secondary N) is 1. The fourth-order valence-corrected chi connectivity index (χ4v) is 2.11. The van der Waals surface area contributed by atoms with Gasteiger partial charge in [0.1, 0.15) is 12.0 Å². The summed E-state index contributed by atoms with van der Waals surface area (Å²) < 4.78 is 30.3.